The Balaban J connectivity index is 1.61. The fourth-order valence-corrected chi connectivity index (χ4v) is 4.35. The van der Waals surface area contributed by atoms with E-state index in [0.717, 1.165) is 18.8 Å². The van der Waals surface area contributed by atoms with E-state index in [9.17, 15) is 9.59 Å². The number of ether oxygens (including phenoxy) is 1. The van der Waals surface area contributed by atoms with E-state index >= 15 is 0 Å². The van der Waals surface area contributed by atoms with Gasteiger partial charge in [-0.1, -0.05) is 42.1 Å². The SMILES string of the molecule is CSc1nc2ccccc2c(=O)n1/N=C1/C(=O)N(CN2CCOCC2)c2ccccc21. The summed E-state index contributed by atoms with van der Waals surface area (Å²) in [4.78, 5) is 35.0. The van der Waals surface area contributed by atoms with Gasteiger partial charge < -0.3 is 4.74 Å². The minimum Gasteiger partial charge on any atom is -0.379 e. The molecule has 5 rings (SSSR count). The van der Waals surface area contributed by atoms with Crippen LogP contribution in [0.15, 0.2) is 63.6 Å². The second-order valence-electron chi connectivity index (χ2n) is 7.30. The van der Waals surface area contributed by atoms with E-state index in [1.54, 1.807) is 23.1 Å². The quantitative estimate of drug-likeness (QED) is 0.461. The molecule has 1 saturated heterocycles. The Bertz CT molecular complexity index is 1250. The molecule has 1 fully saturated rings. The molecule has 158 valence electrons. The van der Waals surface area contributed by atoms with E-state index in [1.807, 2.05) is 36.6 Å². The predicted octanol–water partition coefficient (Wildman–Crippen LogP) is 2.01. The molecule has 0 spiro atoms. The number of aromatic nitrogens is 2. The maximum Gasteiger partial charge on any atom is 0.282 e. The summed E-state index contributed by atoms with van der Waals surface area (Å²) in [7, 11) is 0. The molecule has 9 heteroatoms. The number of hydrogen-bond donors (Lipinski definition) is 0. The van der Waals surface area contributed by atoms with Crippen LogP contribution in [0.3, 0.4) is 0 Å². The first-order valence-electron chi connectivity index (χ1n) is 10.0. The Labute approximate surface area is 183 Å². The number of fused-ring (bicyclic) bond motifs is 2. The van der Waals surface area contributed by atoms with Crippen molar-refractivity contribution in [2.75, 3.05) is 44.1 Å². The molecule has 0 unspecified atom stereocenters. The van der Waals surface area contributed by atoms with Crippen LogP contribution in [-0.4, -0.2) is 65.4 Å². The first-order valence-corrected chi connectivity index (χ1v) is 11.3. The third kappa shape index (κ3) is 3.54. The summed E-state index contributed by atoms with van der Waals surface area (Å²) in [6.45, 7) is 3.30. The molecule has 31 heavy (non-hydrogen) atoms. The summed E-state index contributed by atoms with van der Waals surface area (Å²) < 4.78 is 6.66. The number of benzene rings is 2. The van der Waals surface area contributed by atoms with Gasteiger partial charge in [-0.2, -0.15) is 9.78 Å². The third-order valence-corrected chi connectivity index (χ3v) is 6.08. The molecule has 3 aromatic rings. The Hall–Kier alpha value is -3.01. The molecule has 2 aromatic carbocycles. The summed E-state index contributed by atoms with van der Waals surface area (Å²) in [5.74, 6) is -0.222. The highest BCUT2D eigenvalue weighted by Gasteiger charge is 2.35. The fraction of sp³-hybridized carbons (Fsp3) is 0.273. The summed E-state index contributed by atoms with van der Waals surface area (Å²) in [5, 5.41) is 5.45. The van der Waals surface area contributed by atoms with Crippen molar-refractivity contribution in [2.45, 2.75) is 5.16 Å². The van der Waals surface area contributed by atoms with Gasteiger partial charge in [-0.15, -0.1) is 0 Å². The van der Waals surface area contributed by atoms with E-state index in [-0.39, 0.29) is 17.2 Å². The average Bonchev–Trinajstić information content (AvgIpc) is 3.07. The van der Waals surface area contributed by atoms with Gasteiger partial charge in [-0.05, 0) is 24.5 Å². The molecular weight excluding hydrogens is 414 g/mol. The lowest BCUT2D eigenvalue weighted by atomic mass is 10.1. The van der Waals surface area contributed by atoms with Crippen LogP contribution in [-0.2, 0) is 9.53 Å². The Morgan fingerprint density at radius 1 is 1.06 bits per heavy atom. The van der Waals surface area contributed by atoms with Gasteiger partial charge in [0.05, 0.1) is 36.5 Å². The van der Waals surface area contributed by atoms with Crippen LogP contribution in [0.1, 0.15) is 5.56 Å². The number of carbonyl (C=O) groups excluding carboxylic acids is 1. The molecule has 0 radical (unpaired) electrons. The maximum absolute atomic E-state index is 13.4. The summed E-state index contributed by atoms with van der Waals surface area (Å²) in [6, 6.07) is 14.7. The van der Waals surface area contributed by atoms with E-state index in [1.165, 1.54) is 16.4 Å². The zero-order valence-electron chi connectivity index (χ0n) is 17.0. The van der Waals surface area contributed by atoms with Crippen LogP contribution in [0.5, 0.6) is 0 Å². The second-order valence-corrected chi connectivity index (χ2v) is 8.08. The predicted molar refractivity (Wildman–Crippen MR) is 121 cm³/mol. The van der Waals surface area contributed by atoms with Gasteiger partial charge in [0.15, 0.2) is 10.9 Å². The molecule has 8 nitrogen and oxygen atoms in total. The molecule has 2 aliphatic heterocycles. The number of amides is 1. The van der Waals surface area contributed by atoms with Crippen molar-refractivity contribution in [3.63, 3.8) is 0 Å². The maximum atomic E-state index is 13.4. The lowest BCUT2D eigenvalue weighted by Gasteiger charge is -2.30. The Morgan fingerprint density at radius 3 is 2.61 bits per heavy atom. The first-order chi connectivity index (χ1) is 15.2. The first kappa shape index (κ1) is 19.9. The number of rotatable bonds is 4. The minimum absolute atomic E-state index is 0.222. The number of thioether (sulfide) groups is 1. The molecule has 2 aliphatic rings. The van der Waals surface area contributed by atoms with Gasteiger partial charge >= 0.3 is 0 Å². The highest BCUT2D eigenvalue weighted by molar-refractivity contribution is 7.98. The van der Waals surface area contributed by atoms with Crippen LogP contribution in [0, 0.1) is 0 Å². The zero-order valence-corrected chi connectivity index (χ0v) is 17.8. The van der Waals surface area contributed by atoms with E-state index in [0.29, 0.717) is 41.5 Å². The number of para-hydroxylation sites is 2. The summed E-state index contributed by atoms with van der Waals surface area (Å²) in [6.07, 6.45) is 1.84. The van der Waals surface area contributed by atoms with Crippen LogP contribution in [0.4, 0.5) is 5.69 Å². The highest BCUT2D eigenvalue weighted by atomic mass is 32.2. The Kier molecular flexibility index (Phi) is 5.31. The smallest absolute Gasteiger partial charge is 0.282 e. The normalized spacial score (nSPS) is 18.2. The van der Waals surface area contributed by atoms with Crippen LogP contribution in [0.25, 0.3) is 10.9 Å². The van der Waals surface area contributed by atoms with Gasteiger partial charge in [0.25, 0.3) is 11.5 Å². The van der Waals surface area contributed by atoms with Crippen molar-refractivity contribution in [1.29, 1.82) is 0 Å². The van der Waals surface area contributed by atoms with Gasteiger partial charge in [0.1, 0.15) is 0 Å². The number of hydrogen-bond acceptors (Lipinski definition) is 7. The standard InChI is InChI=1S/C22H21N5O3S/c1-31-22-23-17-8-4-2-6-15(17)20(28)27(22)24-19-16-7-3-5-9-18(16)26(21(19)29)14-25-10-12-30-13-11-25/h2-9H,10-14H2,1H3/b24-19+. The number of nitrogens with zero attached hydrogens (tertiary/aromatic N) is 5. The molecule has 1 aromatic heterocycles. The van der Waals surface area contributed by atoms with E-state index in [2.05, 4.69) is 15.0 Å². The molecule has 0 saturated carbocycles. The number of anilines is 1. The summed E-state index contributed by atoms with van der Waals surface area (Å²) >= 11 is 1.32. The van der Waals surface area contributed by atoms with Crippen molar-refractivity contribution in [3.05, 3.63) is 64.4 Å². The zero-order chi connectivity index (χ0) is 21.4. The van der Waals surface area contributed by atoms with E-state index < -0.39 is 0 Å². The van der Waals surface area contributed by atoms with Gasteiger partial charge in [0.2, 0.25) is 0 Å². The number of carbonyl (C=O) groups is 1. The highest BCUT2D eigenvalue weighted by Crippen LogP contribution is 2.30. The monoisotopic (exact) mass is 435 g/mol. The molecule has 3 heterocycles. The fourth-order valence-electron chi connectivity index (χ4n) is 3.86. The van der Waals surface area contributed by atoms with Gasteiger partial charge in [0, 0.05) is 18.7 Å². The van der Waals surface area contributed by atoms with Crippen LogP contribution < -0.4 is 10.5 Å². The molecular formula is C22H21N5O3S. The largest absolute Gasteiger partial charge is 0.379 e. The molecule has 1 amide bonds. The topological polar surface area (TPSA) is 80.0 Å². The average molecular weight is 436 g/mol. The van der Waals surface area contributed by atoms with Crippen LogP contribution >= 0.6 is 11.8 Å². The minimum atomic E-state index is -0.292. The lowest BCUT2D eigenvalue weighted by molar-refractivity contribution is -0.112. The third-order valence-electron chi connectivity index (χ3n) is 5.45. The van der Waals surface area contributed by atoms with E-state index in [4.69, 9.17) is 4.74 Å². The second kappa shape index (κ2) is 8.26. The summed E-state index contributed by atoms with van der Waals surface area (Å²) in [5.41, 5.74) is 2.08. The van der Waals surface area contributed by atoms with Gasteiger partial charge in [-0.25, -0.2) is 4.98 Å². The van der Waals surface area contributed by atoms with Crippen molar-refractivity contribution in [2.24, 2.45) is 5.10 Å². The Morgan fingerprint density at radius 2 is 1.81 bits per heavy atom. The van der Waals surface area contributed by atoms with Crippen LogP contribution in [0.2, 0.25) is 0 Å². The number of morpholine rings is 1. The van der Waals surface area contributed by atoms with Crippen molar-refractivity contribution >= 4 is 40.0 Å². The molecule has 0 atom stereocenters. The van der Waals surface area contributed by atoms with Gasteiger partial charge in [-0.3, -0.25) is 19.4 Å². The lowest BCUT2D eigenvalue weighted by Crippen LogP contribution is -2.46. The van der Waals surface area contributed by atoms with Crippen molar-refractivity contribution < 1.29 is 9.53 Å². The molecule has 0 bridgehead atoms. The van der Waals surface area contributed by atoms with Crippen molar-refractivity contribution in [1.82, 2.24) is 14.6 Å². The molecule has 0 aliphatic carbocycles. The molecule has 0 N–H and O–H groups in total. The van der Waals surface area contributed by atoms with Crippen molar-refractivity contribution in [3.8, 4) is 0 Å².